The molecule has 3 aliphatic carbocycles. The topological polar surface area (TPSA) is 113 Å². The number of aromatic nitrogens is 1. The van der Waals surface area contributed by atoms with Gasteiger partial charge in [-0.05, 0) is 136 Å². The second kappa shape index (κ2) is 14.5. The van der Waals surface area contributed by atoms with Gasteiger partial charge in [-0.15, -0.1) is 0 Å². The Labute approximate surface area is 306 Å². The van der Waals surface area contributed by atoms with Crippen LogP contribution in [0.15, 0.2) is 48.7 Å². The van der Waals surface area contributed by atoms with Gasteiger partial charge in [-0.1, -0.05) is 31.5 Å². The summed E-state index contributed by atoms with van der Waals surface area (Å²) in [4.78, 5) is 19.7. The molecule has 0 saturated heterocycles. The molecule has 1 saturated carbocycles. The van der Waals surface area contributed by atoms with Crippen molar-refractivity contribution in [3.05, 3.63) is 76.1 Å². The van der Waals surface area contributed by atoms with E-state index >= 15 is 0 Å². The fourth-order valence-electron chi connectivity index (χ4n) is 9.40. The summed E-state index contributed by atoms with van der Waals surface area (Å²) in [6, 6.07) is 13.7. The van der Waals surface area contributed by atoms with Crippen LogP contribution < -0.4 is 19.5 Å². The lowest BCUT2D eigenvalue weighted by atomic mass is 9.59. The zero-order chi connectivity index (χ0) is 35.9. The first-order chi connectivity index (χ1) is 24.5. The van der Waals surface area contributed by atoms with Crippen molar-refractivity contribution in [2.45, 2.75) is 88.2 Å². The summed E-state index contributed by atoms with van der Waals surface area (Å²) in [5.41, 5.74) is 3.76. The monoisotopic (exact) mass is 717 g/mol. The number of hydrogen-bond donors (Lipinski definition) is 3. The van der Waals surface area contributed by atoms with Gasteiger partial charge in [-0.3, -0.25) is 4.98 Å². The lowest BCUT2D eigenvalue weighted by Crippen LogP contribution is -2.53. The van der Waals surface area contributed by atoms with Gasteiger partial charge in [0.25, 0.3) is 0 Å². The van der Waals surface area contributed by atoms with Crippen LogP contribution in [0.4, 0.5) is 5.69 Å². The lowest BCUT2D eigenvalue weighted by molar-refractivity contribution is -0.144. The van der Waals surface area contributed by atoms with E-state index in [4.69, 9.17) is 25.8 Å². The molecule has 51 heavy (non-hydrogen) atoms. The van der Waals surface area contributed by atoms with Gasteiger partial charge >= 0.3 is 5.97 Å². The summed E-state index contributed by atoms with van der Waals surface area (Å²) in [6.45, 7) is 7.07. The van der Waals surface area contributed by atoms with E-state index in [0.29, 0.717) is 43.6 Å². The van der Waals surface area contributed by atoms with Gasteiger partial charge in [0.1, 0.15) is 11.3 Å². The molecular formula is C41H52ClN3O6. The van der Waals surface area contributed by atoms with Crippen molar-refractivity contribution in [2.24, 2.45) is 17.8 Å². The van der Waals surface area contributed by atoms with E-state index in [9.17, 15) is 15.0 Å². The number of carbonyl (C=O) groups is 1. The number of aliphatic carboxylic acids is 1. The Balaban J connectivity index is 1.15. The average molecular weight is 718 g/mol. The molecule has 0 bridgehead atoms. The van der Waals surface area contributed by atoms with Crippen LogP contribution in [0, 0.1) is 17.8 Å². The van der Waals surface area contributed by atoms with Gasteiger partial charge in [-0.2, -0.15) is 0 Å². The summed E-state index contributed by atoms with van der Waals surface area (Å²) in [5.74, 6) is 2.67. The summed E-state index contributed by atoms with van der Waals surface area (Å²) < 4.78 is 19.3. The Morgan fingerprint density at radius 1 is 1.10 bits per heavy atom. The Hall–Kier alpha value is -3.53. The molecule has 5 atom stereocenters. The molecule has 1 aromatic heterocycles. The number of aliphatic hydroxyl groups excluding tert-OH is 1. The fraction of sp³-hybridized carbons (Fsp3) is 0.561. The number of halogens is 1. The molecule has 9 nitrogen and oxygen atoms in total. The minimum atomic E-state index is -1.09. The van der Waals surface area contributed by atoms with Crippen molar-refractivity contribution in [1.29, 1.82) is 0 Å². The molecular weight excluding hydrogens is 666 g/mol. The predicted octanol–water partition coefficient (Wildman–Crippen LogP) is 7.64. The first-order valence-electron chi connectivity index (χ1n) is 18.6. The molecule has 274 valence electrons. The summed E-state index contributed by atoms with van der Waals surface area (Å²) in [5, 5.41) is 25.2. The Morgan fingerprint density at radius 2 is 1.84 bits per heavy atom. The van der Waals surface area contributed by atoms with Crippen molar-refractivity contribution in [1.82, 2.24) is 9.88 Å². The van der Waals surface area contributed by atoms with Crippen LogP contribution in [0.2, 0.25) is 5.02 Å². The van der Waals surface area contributed by atoms with Gasteiger partial charge in [-0.25, -0.2) is 4.79 Å². The van der Waals surface area contributed by atoms with E-state index in [2.05, 4.69) is 55.3 Å². The third-order valence-electron chi connectivity index (χ3n) is 12.0. The van der Waals surface area contributed by atoms with Gasteiger partial charge in [0.15, 0.2) is 11.5 Å². The standard InChI is InChI=1S/C41H52ClN3O6/c1-25(22-49-34-10-15-43-38-33(46)9-8-26(2)37(34)38)16-29-17-28-18-35-36(51-24-27(23-50-35)21-45(3)4)20-32(28)40(29)11-13-41(14-12-40,39(47)48)44-31-7-5-6-30(42)19-31/h5-7,10,15,18-20,25-27,29,33,44,46H,8-9,11-14,16-17,21-24H2,1-4H3,(H,47,48)/t25-,26+,27?,29?,33-,40?,41?/m1/s1. The number of pyridine rings is 1. The fourth-order valence-corrected chi connectivity index (χ4v) is 9.59. The maximum Gasteiger partial charge on any atom is 0.329 e. The molecule has 3 N–H and O–H groups in total. The third kappa shape index (κ3) is 7.14. The van der Waals surface area contributed by atoms with E-state index in [1.54, 1.807) is 18.3 Å². The molecule has 0 amide bonds. The van der Waals surface area contributed by atoms with E-state index in [1.165, 1.54) is 11.1 Å². The number of anilines is 1. The number of rotatable bonds is 10. The average Bonchev–Trinajstić information content (AvgIpc) is 3.22. The molecule has 7 rings (SSSR count). The smallest absolute Gasteiger partial charge is 0.329 e. The number of nitrogens with one attached hydrogen (secondary N) is 1. The van der Waals surface area contributed by atoms with Crippen LogP contribution in [0.25, 0.3) is 0 Å². The van der Waals surface area contributed by atoms with Crippen molar-refractivity contribution in [3.8, 4) is 17.2 Å². The molecule has 10 heteroatoms. The van der Waals surface area contributed by atoms with E-state index in [1.807, 2.05) is 18.2 Å². The van der Waals surface area contributed by atoms with Crippen LogP contribution in [0.3, 0.4) is 0 Å². The molecule has 1 fully saturated rings. The second-order valence-electron chi connectivity index (χ2n) is 16.0. The largest absolute Gasteiger partial charge is 0.493 e. The molecule has 2 unspecified atom stereocenters. The number of hydrogen-bond acceptors (Lipinski definition) is 8. The van der Waals surface area contributed by atoms with Crippen LogP contribution in [0.5, 0.6) is 17.2 Å². The highest BCUT2D eigenvalue weighted by molar-refractivity contribution is 6.30. The third-order valence-corrected chi connectivity index (χ3v) is 12.2. The second-order valence-corrected chi connectivity index (χ2v) is 16.5. The lowest BCUT2D eigenvalue weighted by Gasteiger charge is -2.47. The van der Waals surface area contributed by atoms with Crippen LogP contribution in [-0.4, -0.2) is 72.1 Å². The molecule has 1 spiro atoms. The van der Waals surface area contributed by atoms with Crippen molar-refractivity contribution in [3.63, 3.8) is 0 Å². The van der Waals surface area contributed by atoms with Crippen LogP contribution in [-0.2, 0) is 16.6 Å². The number of ether oxygens (including phenoxy) is 3. The number of aliphatic hydroxyl groups is 1. The summed E-state index contributed by atoms with van der Waals surface area (Å²) in [6.07, 6.45) is 7.08. The highest BCUT2D eigenvalue weighted by Gasteiger charge is 2.54. The van der Waals surface area contributed by atoms with E-state index in [0.717, 1.165) is 79.3 Å². The minimum Gasteiger partial charge on any atom is -0.493 e. The van der Waals surface area contributed by atoms with Gasteiger partial charge in [0.2, 0.25) is 0 Å². The predicted molar refractivity (Wildman–Crippen MR) is 198 cm³/mol. The van der Waals surface area contributed by atoms with Crippen LogP contribution >= 0.6 is 11.6 Å². The Bertz CT molecular complexity index is 1740. The van der Waals surface area contributed by atoms with Gasteiger partial charge in [0.05, 0.1) is 31.6 Å². The van der Waals surface area contributed by atoms with Gasteiger partial charge in [0, 0.05) is 34.9 Å². The molecule has 4 aliphatic rings. The number of nitrogens with zero attached hydrogens (tertiary/aromatic N) is 2. The number of fused-ring (bicyclic) bond motifs is 4. The zero-order valence-corrected chi connectivity index (χ0v) is 31.0. The highest BCUT2D eigenvalue weighted by Crippen LogP contribution is 2.58. The molecule has 1 aliphatic heterocycles. The van der Waals surface area contributed by atoms with Crippen molar-refractivity contribution >= 4 is 23.3 Å². The maximum absolute atomic E-state index is 13.0. The number of carboxylic acids is 1. The van der Waals surface area contributed by atoms with Crippen molar-refractivity contribution in [2.75, 3.05) is 45.8 Å². The van der Waals surface area contributed by atoms with Crippen molar-refractivity contribution < 1.29 is 29.2 Å². The minimum absolute atomic E-state index is 0.208. The zero-order valence-electron chi connectivity index (χ0n) is 30.3. The van der Waals surface area contributed by atoms with E-state index < -0.39 is 17.6 Å². The molecule has 0 radical (unpaired) electrons. The first kappa shape index (κ1) is 35.9. The number of benzene rings is 2. The SMILES string of the molecule is C[C@@H](COc1ccnc2c1[C@@H](C)CC[C@H]2O)CC1Cc2cc3c(cc2C12CCC(Nc1cccc(Cl)c1)(C(=O)O)CC2)OCC(CN(C)C)CO3. The molecule has 2 aromatic carbocycles. The number of carboxylic acid groups (broad SMARTS) is 1. The maximum atomic E-state index is 13.0. The van der Waals surface area contributed by atoms with E-state index in [-0.39, 0.29) is 23.2 Å². The Kier molecular flexibility index (Phi) is 10.2. The van der Waals surface area contributed by atoms with Crippen LogP contribution in [0.1, 0.15) is 93.2 Å². The summed E-state index contributed by atoms with van der Waals surface area (Å²) in [7, 11) is 4.14. The summed E-state index contributed by atoms with van der Waals surface area (Å²) >= 11 is 6.29. The first-order valence-corrected chi connectivity index (χ1v) is 19.0. The molecule has 3 aromatic rings. The Morgan fingerprint density at radius 3 is 2.55 bits per heavy atom. The normalized spacial score (nSPS) is 28.8. The highest BCUT2D eigenvalue weighted by atomic mass is 35.5. The van der Waals surface area contributed by atoms with Gasteiger partial charge < -0.3 is 34.6 Å². The quantitative estimate of drug-likeness (QED) is 0.195. The molecule has 2 heterocycles.